The highest BCUT2D eigenvalue weighted by molar-refractivity contribution is 7.92. The number of alkyl halides is 2. The van der Waals surface area contributed by atoms with Crippen LogP contribution in [-0.4, -0.2) is 26.6 Å². The van der Waals surface area contributed by atoms with Crippen LogP contribution in [0.4, 0.5) is 14.5 Å². The molecule has 0 heterocycles. The number of Topliss-reactive ketones (excluding diaryl/α,β-unsaturated/α-hetero) is 1. The molecule has 0 unspecified atom stereocenters. The van der Waals surface area contributed by atoms with Crippen LogP contribution in [0, 0.1) is 16.7 Å². The van der Waals surface area contributed by atoms with Gasteiger partial charge in [-0.05, 0) is 36.3 Å². The maximum absolute atomic E-state index is 12.7. The number of sulfonamides is 1. The van der Waals surface area contributed by atoms with Gasteiger partial charge < -0.3 is 4.74 Å². The second kappa shape index (κ2) is 5.93. The van der Waals surface area contributed by atoms with Crippen molar-refractivity contribution in [2.75, 3.05) is 10.5 Å². The van der Waals surface area contributed by atoms with E-state index in [0.717, 1.165) is 6.42 Å². The highest BCUT2D eigenvalue weighted by Gasteiger charge is 2.65. The number of ether oxygens (including phenoxy) is 1. The molecule has 2 bridgehead atoms. The van der Waals surface area contributed by atoms with Gasteiger partial charge in [-0.25, -0.2) is 8.42 Å². The minimum atomic E-state index is -3.92. The Balaban J connectivity index is 1.86. The SMILES string of the molecule is CC1(C)[C@@H]2CC[C@]1(CS(=O)(=O)Nc1ccccc1OC(F)F)C(=O)C2. The molecule has 3 rings (SSSR count). The predicted octanol–water partition coefficient (Wildman–Crippen LogP) is 3.43. The molecule has 1 aromatic rings. The number of carbonyl (C=O) groups is 1. The van der Waals surface area contributed by atoms with Crippen LogP contribution in [0.1, 0.15) is 33.1 Å². The van der Waals surface area contributed by atoms with E-state index in [4.69, 9.17) is 0 Å². The molecule has 5 nitrogen and oxygen atoms in total. The number of ketones is 1. The van der Waals surface area contributed by atoms with Crippen LogP contribution in [0.15, 0.2) is 24.3 Å². The van der Waals surface area contributed by atoms with Gasteiger partial charge in [0.1, 0.15) is 11.5 Å². The molecule has 0 saturated heterocycles. The monoisotopic (exact) mass is 373 g/mol. The van der Waals surface area contributed by atoms with Crippen molar-refractivity contribution in [2.45, 2.75) is 39.7 Å². The first-order valence-corrected chi connectivity index (χ1v) is 9.80. The zero-order chi connectivity index (χ0) is 18.5. The summed E-state index contributed by atoms with van der Waals surface area (Å²) in [6.07, 6.45) is 1.78. The van der Waals surface area contributed by atoms with Crippen molar-refractivity contribution >= 4 is 21.5 Å². The summed E-state index contributed by atoms with van der Waals surface area (Å²) in [5, 5.41) is 0. The Hall–Kier alpha value is -1.70. The Labute approximate surface area is 145 Å². The molecule has 2 fully saturated rings. The quantitative estimate of drug-likeness (QED) is 0.829. The number of benzene rings is 1. The summed E-state index contributed by atoms with van der Waals surface area (Å²) in [6.45, 7) is 0.827. The van der Waals surface area contributed by atoms with Gasteiger partial charge in [0.2, 0.25) is 10.0 Å². The van der Waals surface area contributed by atoms with Gasteiger partial charge in [0.05, 0.1) is 16.9 Å². The lowest BCUT2D eigenvalue weighted by molar-refractivity contribution is -0.128. The highest BCUT2D eigenvalue weighted by Crippen LogP contribution is 2.64. The number of fused-ring (bicyclic) bond motifs is 2. The van der Waals surface area contributed by atoms with E-state index in [9.17, 15) is 22.0 Å². The number of para-hydroxylation sites is 2. The van der Waals surface area contributed by atoms with Crippen LogP contribution < -0.4 is 9.46 Å². The van der Waals surface area contributed by atoms with Gasteiger partial charge in [-0.3, -0.25) is 9.52 Å². The number of nitrogens with one attached hydrogen (secondary N) is 1. The molecule has 0 aliphatic heterocycles. The molecule has 2 aliphatic rings. The van der Waals surface area contributed by atoms with Gasteiger partial charge in [0.15, 0.2) is 0 Å². The topological polar surface area (TPSA) is 72.5 Å². The normalized spacial score (nSPS) is 27.7. The lowest BCUT2D eigenvalue weighted by atomic mass is 9.70. The number of rotatable bonds is 6. The van der Waals surface area contributed by atoms with E-state index < -0.39 is 27.5 Å². The molecule has 0 aromatic heterocycles. The van der Waals surface area contributed by atoms with Crippen LogP contribution in [0.5, 0.6) is 5.75 Å². The summed E-state index contributed by atoms with van der Waals surface area (Å²) >= 11 is 0. The molecule has 2 atom stereocenters. The predicted molar refractivity (Wildman–Crippen MR) is 89.0 cm³/mol. The van der Waals surface area contributed by atoms with Crippen LogP contribution in [-0.2, 0) is 14.8 Å². The molecule has 1 aromatic carbocycles. The van der Waals surface area contributed by atoms with Crippen molar-refractivity contribution in [3.63, 3.8) is 0 Å². The third kappa shape index (κ3) is 3.01. The van der Waals surface area contributed by atoms with Crippen molar-refractivity contribution in [1.29, 1.82) is 0 Å². The number of hydrogen-bond donors (Lipinski definition) is 1. The summed E-state index contributed by atoms with van der Waals surface area (Å²) in [7, 11) is -3.92. The fraction of sp³-hybridized carbons (Fsp3) is 0.588. The summed E-state index contributed by atoms with van der Waals surface area (Å²) in [5.74, 6) is -0.411. The van der Waals surface area contributed by atoms with Crippen molar-refractivity contribution in [1.82, 2.24) is 0 Å². The van der Waals surface area contributed by atoms with Crippen molar-refractivity contribution in [3.05, 3.63) is 24.3 Å². The van der Waals surface area contributed by atoms with E-state index in [1.165, 1.54) is 24.3 Å². The Morgan fingerprint density at radius 1 is 1.32 bits per heavy atom. The van der Waals surface area contributed by atoms with Gasteiger partial charge in [0.25, 0.3) is 0 Å². The summed E-state index contributed by atoms with van der Waals surface area (Å²) in [4.78, 5) is 12.5. The Bertz CT molecular complexity index is 794. The zero-order valence-electron chi connectivity index (χ0n) is 14.1. The highest BCUT2D eigenvalue weighted by atomic mass is 32.2. The minimum Gasteiger partial charge on any atom is -0.433 e. The standard InChI is InChI=1S/C17H21F2NO4S/c1-16(2)11-7-8-17(16,14(21)9-11)10-25(22,23)20-12-5-3-4-6-13(12)24-15(18)19/h3-6,11,15,20H,7-10H2,1-2H3/t11-,17+/m1/s1. The second-order valence-corrected chi connectivity index (χ2v) is 9.12. The van der Waals surface area contributed by atoms with Gasteiger partial charge in [0, 0.05) is 6.42 Å². The van der Waals surface area contributed by atoms with Gasteiger partial charge in [-0.15, -0.1) is 0 Å². The molecule has 2 aliphatic carbocycles. The molecule has 138 valence electrons. The minimum absolute atomic E-state index is 0.0174. The first-order valence-electron chi connectivity index (χ1n) is 8.15. The maximum Gasteiger partial charge on any atom is 0.387 e. The molecular formula is C17H21F2NO4S. The van der Waals surface area contributed by atoms with Crippen LogP contribution in [0.2, 0.25) is 0 Å². The summed E-state index contributed by atoms with van der Waals surface area (Å²) < 4.78 is 57.1. The van der Waals surface area contributed by atoms with E-state index in [2.05, 4.69) is 9.46 Å². The van der Waals surface area contributed by atoms with E-state index in [1.54, 1.807) is 0 Å². The molecule has 0 amide bonds. The van der Waals surface area contributed by atoms with Crippen LogP contribution in [0.25, 0.3) is 0 Å². The average molecular weight is 373 g/mol. The van der Waals surface area contributed by atoms with Gasteiger partial charge in [-0.2, -0.15) is 8.78 Å². The largest absolute Gasteiger partial charge is 0.433 e. The van der Waals surface area contributed by atoms with E-state index in [-0.39, 0.29) is 28.9 Å². The van der Waals surface area contributed by atoms with E-state index in [1.807, 2.05) is 13.8 Å². The van der Waals surface area contributed by atoms with Crippen molar-refractivity contribution < 1.29 is 26.7 Å². The first kappa shape index (κ1) is 18.1. The smallest absolute Gasteiger partial charge is 0.387 e. The fourth-order valence-corrected chi connectivity index (χ4v) is 6.29. The second-order valence-electron chi connectivity index (χ2n) is 7.40. The lowest BCUT2D eigenvalue weighted by Crippen LogP contribution is -2.43. The third-order valence-corrected chi connectivity index (χ3v) is 7.35. The van der Waals surface area contributed by atoms with Gasteiger partial charge in [-0.1, -0.05) is 26.0 Å². The lowest BCUT2D eigenvalue weighted by Gasteiger charge is -2.36. The van der Waals surface area contributed by atoms with Crippen LogP contribution >= 0.6 is 0 Å². The summed E-state index contributed by atoms with van der Waals surface area (Å²) in [5.41, 5.74) is -1.36. The van der Waals surface area contributed by atoms with Crippen molar-refractivity contribution in [2.24, 2.45) is 16.7 Å². The number of anilines is 1. The fourth-order valence-electron chi connectivity index (χ4n) is 4.39. The Morgan fingerprint density at radius 3 is 2.56 bits per heavy atom. The van der Waals surface area contributed by atoms with Crippen molar-refractivity contribution in [3.8, 4) is 5.75 Å². The first-order chi connectivity index (χ1) is 11.6. The average Bonchev–Trinajstić information content (AvgIpc) is 2.82. The number of hydrogen-bond acceptors (Lipinski definition) is 4. The Kier molecular flexibility index (Phi) is 4.29. The maximum atomic E-state index is 12.7. The van der Waals surface area contributed by atoms with Gasteiger partial charge >= 0.3 is 6.61 Å². The number of carbonyl (C=O) groups excluding carboxylic acids is 1. The van der Waals surface area contributed by atoms with Crippen LogP contribution in [0.3, 0.4) is 0 Å². The molecule has 8 heteroatoms. The van der Waals surface area contributed by atoms with E-state index in [0.29, 0.717) is 12.8 Å². The number of halogens is 2. The van der Waals surface area contributed by atoms with E-state index >= 15 is 0 Å². The molecule has 1 N–H and O–H groups in total. The molecular weight excluding hydrogens is 352 g/mol. The molecule has 0 radical (unpaired) electrons. The summed E-state index contributed by atoms with van der Waals surface area (Å²) in [6, 6.07) is 5.61. The Morgan fingerprint density at radius 2 is 2.00 bits per heavy atom. The third-order valence-electron chi connectivity index (χ3n) is 5.94. The molecule has 2 saturated carbocycles. The molecule has 25 heavy (non-hydrogen) atoms. The molecule has 0 spiro atoms. The zero-order valence-corrected chi connectivity index (χ0v) is 14.9.